The highest BCUT2D eigenvalue weighted by atomic mass is 16.5. The lowest BCUT2D eigenvalue weighted by Crippen LogP contribution is -2.36. The van der Waals surface area contributed by atoms with Crippen molar-refractivity contribution in [2.75, 3.05) is 32.9 Å². The molecular formula is C10H21NO4. The Morgan fingerprint density at radius 1 is 1.40 bits per heavy atom. The fraction of sp³-hybridized carbons (Fsp3) is 0.900. The van der Waals surface area contributed by atoms with Gasteiger partial charge < -0.3 is 20.3 Å². The molecule has 0 spiro atoms. The van der Waals surface area contributed by atoms with Crippen molar-refractivity contribution >= 4 is 5.97 Å². The van der Waals surface area contributed by atoms with Crippen LogP contribution in [0.1, 0.15) is 20.3 Å². The Morgan fingerprint density at radius 2 is 2.07 bits per heavy atom. The molecule has 15 heavy (non-hydrogen) atoms. The van der Waals surface area contributed by atoms with Crippen molar-refractivity contribution in [1.29, 1.82) is 0 Å². The van der Waals surface area contributed by atoms with E-state index in [0.29, 0.717) is 19.8 Å². The first-order chi connectivity index (χ1) is 7.00. The molecule has 3 N–H and O–H groups in total. The highest BCUT2D eigenvalue weighted by molar-refractivity contribution is 5.73. The Kier molecular flexibility index (Phi) is 7.29. The fourth-order valence-electron chi connectivity index (χ4n) is 0.942. The minimum Gasteiger partial charge on any atom is -0.481 e. The van der Waals surface area contributed by atoms with E-state index in [1.165, 1.54) is 0 Å². The van der Waals surface area contributed by atoms with E-state index in [1.807, 2.05) is 0 Å². The molecule has 0 aromatic rings. The van der Waals surface area contributed by atoms with Crippen molar-refractivity contribution in [2.24, 2.45) is 5.41 Å². The van der Waals surface area contributed by atoms with E-state index in [-0.39, 0.29) is 6.61 Å². The largest absolute Gasteiger partial charge is 0.481 e. The smallest absolute Gasteiger partial charge is 0.310 e. The molecule has 5 nitrogen and oxygen atoms in total. The Balaban J connectivity index is 3.35. The second-order valence-electron chi connectivity index (χ2n) is 4.06. The topological polar surface area (TPSA) is 78.8 Å². The maximum atomic E-state index is 10.7. The van der Waals surface area contributed by atoms with Gasteiger partial charge in [-0.05, 0) is 26.8 Å². The number of aliphatic hydroxyl groups excluding tert-OH is 1. The van der Waals surface area contributed by atoms with Gasteiger partial charge in [0.05, 0.1) is 18.6 Å². The molecule has 0 radical (unpaired) electrons. The van der Waals surface area contributed by atoms with Gasteiger partial charge >= 0.3 is 5.97 Å². The standard InChI is InChI=1S/C10H21NO4/c1-10(2,9(13)14)8-11-4-3-6-15-7-5-12/h11-12H,3-8H2,1-2H3,(H,13,14). The molecule has 0 aliphatic rings. The number of carboxylic acids is 1. The number of rotatable bonds is 9. The minimum absolute atomic E-state index is 0.0411. The summed E-state index contributed by atoms with van der Waals surface area (Å²) in [5.41, 5.74) is -0.730. The van der Waals surface area contributed by atoms with E-state index in [4.69, 9.17) is 14.9 Å². The first-order valence-electron chi connectivity index (χ1n) is 5.13. The number of aliphatic carboxylic acids is 1. The normalized spacial score (nSPS) is 11.7. The zero-order valence-corrected chi connectivity index (χ0v) is 9.45. The van der Waals surface area contributed by atoms with Gasteiger partial charge in [0.2, 0.25) is 0 Å². The van der Waals surface area contributed by atoms with E-state index < -0.39 is 11.4 Å². The van der Waals surface area contributed by atoms with Gasteiger partial charge in [0.1, 0.15) is 0 Å². The third-order valence-electron chi connectivity index (χ3n) is 2.02. The number of nitrogens with one attached hydrogen (secondary N) is 1. The molecule has 90 valence electrons. The molecule has 0 fully saturated rings. The first kappa shape index (κ1) is 14.3. The maximum absolute atomic E-state index is 10.7. The molecule has 0 heterocycles. The molecule has 0 aliphatic carbocycles. The van der Waals surface area contributed by atoms with Gasteiger partial charge in [-0.3, -0.25) is 4.79 Å². The molecule has 0 unspecified atom stereocenters. The van der Waals surface area contributed by atoms with Crippen molar-refractivity contribution < 1.29 is 19.7 Å². The van der Waals surface area contributed by atoms with Crippen LogP contribution in [-0.2, 0) is 9.53 Å². The number of hydrogen-bond acceptors (Lipinski definition) is 4. The molecule has 0 aliphatic heterocycles. The lowest BCUT2D eigenvalue weighted by molar-refractivity contribution is -0.146. The third kappa shape index (κ3) is 7.30. The van der Waals surface area contributed by atoms with Crippen LogP contribution >= 0.6 is 0 Å². The van der Waals surface area contributed by atoms with Crippen molar-refractivity contribution in [3.8, 4) is 0 Å². The molecule has 5 heteroatoms. The molecular weight excluding hydrogens is 198 g/mol. The number of aliphatic hydroxyl groups is 1. The van der Waals surface area contributed by atoms with E-state index in [1.54, 1.807) is 13.8 Å². The highest BCUT2D eigenvalue weighted by Crippen LogP contribution is 2.12. The number of hydrogen-bond donors (Lipinski definition) is 3. The van der Waals surface area contributed by atoms with Gasteiger partial charge in [0.25, 0.3) is 0 Å². The molecule has 0 aromatic carbocycles. The van der Waals surface area contributed by atoms with Crippen LogP contribution in [0.5, 0.6) is 0 Å². The summed E-state index contributed by atoms with van der Waals surface area (Å²) in [6.45, 7) is 5.53. The van der Waals surface area contributed by atoms with Crippen LogP contribution in [0, 0.1) is 5.41 Å². The molecule has 0 aromatic heterocycles. The van der Waals surface area contributed by atoms with Crippen LogP contribution in [0.25, 0.3) is 0 Å². The number of carbonyl (C=O) groups is 1. The number of carboxylic acid groups (broad SMARTS) is 1. The highest BCUT2D eigenvalue weighted by Gasteiger charge is 2.25. The van der Waals surface area contributed by atoms with Gasteiger partial charge in [0.15, 0.2) is 0 Å². The summed E-state index contributed by atoms with van der Waals surface area (Å²) in [6.07, 6.45) is 0.815. The average Bonchev–Trinajstić information content (AvgIpc) is 2.16. The van der Waals surface area contributed by atoms with Gasteiger partial charge in [-0.1, -0.05) is 0 Å². The zero-order valence-electron chi connectivity index (χ0n) is 9.45. The van der Waals surface area contributed by atoms with E-state index in [9.17, 15) is 4.79 Å². The zero-order chi connectivity index (χ0) is 11.7. The summed E-state index contributed by atoms with van der Waals surface area (Å²) in [5.74, 6) is -0.800. The predicted octanol–water partition coefficient (Wildman–Crippen LogP) is 0.0858. The summed E-state index contributed by atoms with van der Waals surface area (Å²) in [7, 11) is 0. The summed E-state index contributed by atoms with van der Waals surface area (Å²) >= 11 is 0. The predicted molar refractivity (Wildman–Crippen MR) is 56.8 cm³/mol. The lowest BCUT2D eigenvalue weighted by Gasteiger charge is -2.19. The molecule has 0 rings (SSSR count). The fourth-order valence-corrected chi connectivity index (χ4v) is 0.942. The second kappa shape index (κ2) is 7.62. The summed E-state index contributed by atoms with van der Waals surface area (Å²) in [5, 5.41) is 20.3. The second-order valence-corrected chi connectivity index (χ2v) is 4.06. The minimum atomic E-state index is -0.800. The van der Waals surface area contributed by atoms with Crippen LogP contribution in [0.3, 0.4) is 0 Å². The van der Waals surface area contributed by atoms with Crippen LogP contribution in [-0.4, -0.2) is 49.1 Å². The van der Waals surface area contributed by atoms with Crippen LogP contribution < -0.4 is 5.32 Å². The van der Waals surface area contributed by atoms with Crippen molar-refractivity contribution in [1.82, 2.24) is 5.32 Å². The summed E-state index contributed by atoms with van der Waals surface area (Å²) in [6, 6.07) is 0. The Bertz CT molecular complexity index is 182. The van der Waals surface area contributed by atoms with Gasteiger partial charge in [-0.25, -0.2) is 0 Å². The third-order valence-corrected chi connectivity index (χ3v) is 2.02. The summed E-state index contributed by atoms with van der Waals surface area (Å²) < 4.78 is 5.06. The van der Waals surface area contributed by atoms with Crippen LogP contribution in [0.4, 0.5) is 0 Å². The monoisotopic (exact) mass is 219 g/mol. The average molecular weight is 219 g/mol. The maximum Gasteiger partial charge on any atom is 0.310 e. The molecule has 0 atom stereocenters. The number of ether oxygens (including phenoxy) is 1. The molecule has 0 bridgehead atoms. The summed E-state index contributed by atoms with van der Waals surface area (Å²) in [4.78, 5) is 10.7. The Hall–Kier alpha value is -0.650. The quantitative estimate of drug-likeness (QED) is 0.479. The first-order valence-corrected chi connectivity index (χ1v) is 5.13. The van der Waals surface area contributed by atoms with Gasteiger partial charge in [-0.15, -0.1) is 0 Å². The van der Waals surface area contributed by atoms with Crippen LogP contribution in [0.2, 0.25) is 0 Å². The molecule has 0 saturated carbocycles. The van der Waals surface area contributed by atoms with E-state index >= 15 is 0 Å². The van der Waals surface area contributed by atoms with Gasteiger partial charge in [-0.2, -0.15) is 0 Å². The van der Waals surface area contributed by atoms with Crippen molar-refractivity contribution in [3.05, 3.63) is 0 Å². The van der Waals surface area contributed by atoms with E-state index in [2.05, 4.69) is 5.32 Å². The Morgan fingerprint density at radius 3 is 2.60 bits per heavy atom. The van der Waals surface area contributed by atoms with E-state index in [0.717, 1.165) is 13.0 Å². The lowest BCUT2D eigenvalue weighted by atomic mass is 9.94. The van der Waals surface area contributed by atoms with Crippen LogP contribution in [0.15, 0.2) is 0 Å². The van der Waals surface area contributed by atoms with Crippen molar-refractivity contribution in [2.45, 2.75) is 20.3 Å². The SMILES string of the molecule is CC(C)(CNCCCOCCO)C(=O)O. The molecule has 0 amide bonds. The van der Waals surface area contributed by atoms with Crippen molar-refractivity contribution in [3.63, 3.8) is 0 Å². The van der Waals surface area contributed by atoms with Gasteiger partial charge in [0, 0.05) is 13.2 Å². The molecule has 0 saturated heterocycles. The Labute approximate surface area is 90.4 Å².